The Bertz CT molecular complexity index is 439. The molecule has 0 spiro atoms. The molecule has 0 saturated carbocycles. The van der Waals surface area contributed by atoms with Crippen LogP contribution in [-0.2, 0) is 6.18 Å². The maximum absolute atomic E-state index is 12.3. The van der Waals surface area contributed by atoms with Crippen molar-refractivity contribution >= 4 is 5.91 Å². The average molecular weight is 273 g/mol. The zero-order valence-corrected chi connectivity index (χ0v) is 10.1. The molecule has 0 aromatic carbocycles. The van der Waals surface area contributed by atoms with Crippen molar-refractivity contribution in [1.82, 2.24) is 15.6 Å². The molecule has 7 heteroatoms. The minimum Gasteiger partial charge on any atom is -0.348 e. The van der Waals surface area contributed by atoms with E-state index >= 15 is 0 Å². The van der Waals surface area contributed by atoms with Crippen LogP contribution in [0.5, 0.6) is 0 Å². The number of carbonyl (C=O) groups is 1. The van der Waals surface area contributed by atoms with Crippen molar-refractivity contribution in [3.05, 3.63) is 29.6 Å². The van der Waals surface area contributed by atoms with Crippen LogP contribution in [0.4, 0.5) is 13.2 Å². The highest BCUT2D eigenvalue weighted by Crippen LogP contribution is 2.28. The number of halogens is 3. The number of hydrogen-bond donors (Lipinski definition) is 2. The SMILES string of the molecule is O=C(NC1CCNCC1)c1ccc(C(F)(F)F)cn1. The summed E-state index contributed by atoms with van der Waals surface area (Å²) in [5.74, 6) is -0.430. The molecule has 2 heterocycles. The second kappa shape index (κ2) is 5.56. The topological polar surface area (TPSA) is 54.0 Å². The normalized spacial score (nSPS) is 17.2. The molecule has 19 heavy (non-hydrogen) atoms. The van der Waals surface area contributed by atoms with E-state index in [1.54, 1.807) is 0 Å². The third kappa shape index (κ3) is 3.66. The predicted octanol–water partition coefficient (Wildman–Crippen LogP) is 1.58. The monoisotopic (exact) mass is 273 g/mol. The maximum Gasteiger partial charge on any atom is 0.417 e. The number of piperidine rings is 1. The van der Waals surface area contributed by atoms with E-state index in [-0.39, 0.29) is 11.7 Å². The number of amides is 1. The number of nitrogens with one attached hydrogen (secondary N) is 2. The molecule has 0 bridgehead atoms. The molecule has 1 fully saturated rings. The Hall–Kier alpha value is -1.63. The summed E-state index contributed by atoms with van der Waals surface area (Å²) >= 11 is 0. The molecule has 1 saturated heterocycles. The standard InChI is InChI=1S/C12H14F3N3O/c13-12(14,15)8-1-2-10(17-7-8)11(19)18-9-3-5-16-6-4-9/h1-2,7,9,16H,3-6H2,(H,18,19). The van der Waals surface area contributed by atoms with E-state index < -0.39 is 17.6 Å². The zero-order chi connectivity index (χ0) is 13.9. The van der Waals surface area contributed by atoms with Crippen molar-refractivity contribution < 1.29 is 18.0 Å². The maximum atomic E-state index is 12.3. The number of aromatic nitrogens is 1. The van der Waals surface area contributed by atoms with Gasteiger partial charge in [-0.1, -0.05) is 0 Å². The van der Waals surface area contributed by atoms with Crippen LogP contribution in [0.2, 0.25) is 0 Å². The van der Waals surface area contributed by atoms with Crippen LogP contribution in [0.1, 0.15) is 28.9 Å². The van der Waals surface area contributed by atoms with Crippen LogP contribution in [0.3, 0.4) is 0 Å². The van der Waals surface area contributed by atoms with E-state index in [4.69, 9.17) is 0 Å². The van der Waals surface area contributed by atoms with Gasteiger partial charge in [0, 0.05) is 12.2 Å². The Kier molecular flexibility index (Phi) is 4.04. The third-order valence-corrected chi connectivity index (χ3v) is 3.00. The summed E-state index contributed by atoms with van der Waals surface area (Å²) in [6.07, 6.45) is -2.13. The highest BCUT2D eigenvalue weighted by Gasteiger charge is 2.31. The van der Waals surface area contributed by atoms with E-state index in [9.17, 15) is 18.0 Å². The lowest BCUT2D eigenvalue weighted by Gasteiger charge is -2.23. The van der Waals surface area contributed by atoms with Gasteiger partial charge >= 0.3 is 6.18 Å². The molecule has 1 aromatic heterocycles. The molecule has 1 aromatic rings. The summed E-state index contributed by atoms with van der Waals surface area (Å²) < 4.78 is 37.0. The van der Waals surface area contributed by atoms with Gasteiger partial charge in [-0.3, -0.25) is 9.78 Å². The fourth-order valence-corrected chi connectivity index (χ4v) is 1.92. The first kappa shape index (κ1) is 13.8. The van der Waals surface area contributed by atoms with Crippen molar-refractivity contribution in [3.63, 3.8) is 0 Å². The molecule has 0 aliphatic carbocycles. The van der Waals surface area contributed by atoms with Crippen LogP contribution >= 0.6 is 0 Å². The summed E-state index contributed by atoms with van der Waals surface area (Å²) in [4.78, 5) is 15.4. The van der Waals surface area contributed by atoms with Crippen molar-refractivity contribution in [2.75, 3.05) is 13.1 Å². The van der Waals surface area contributed by atoms with E-state index in [1.165, 1.54) is 0 Å². The summed E-state index contributed by atoms with van der Waals surface area (Å²) in [6.45, 7) is 1.65. The van der Waals surface area contributed by atoms with Crippen LogP contribution in [0.25, 0.3) is 0 Å². The lowest BCUT2D eigenvalue weighted by atomic mass is 10.1. The van der Waals surface area contributed by atoms with E-state index in [0.717, 1.165) is 38.1 Å². The second-order valence-electron chi connectivity index (χ2n) is 4.43. The Morgan fingerprint density at radius 1 is 1.32 bits per heavy atom. The van der Waals surface area contributed by atoms with E-state index in [0.29, 0.717) is 6.20 Å². The first-order valence-electron chi connectivity index (χ1n) is 6.01. The fraction of sp³-hybridized carbons (Fsp3) is 0.500. The summed E-state index contributed by atoms with van der Waals surface area (Å²) in [6, 6.07) is 2.02. The van der Waals surface area contributed by atoms with Crippen molar-refractivity contribution in [3.8, 4) is 0 Å². The Morgan fingerprint density at radius 2 is 2.00 bits per heavy atom. The molecule has 1 amide bonds. The molecule has 2 rings (SSSR count). The summed E-state index contributed by atoms with van der Waals surface area (Å²) in [7, 11) is 0. The quantitative estimate of drug-likeness (QED) is 0.860. The summed E-state index contributed by atoms with van der Waals surface area (Å²) in [5.41, 5.74) is -0.850. The van der Waals surface area contributed by atoms with Crippen molar-refractivity contribution in [2.45, 2.75) is 25.1 Å². The smallest absolute Gasteiger partial charge is 0.348 e. The molecular formula is C12H14F3N3O. The van der Waals surface area contributed by atoms with Crippen LogP contribution < -0.4 is 10.6 Å². The van der Waals surface area contributed by atoms with Gasteiger partial charge in [-0.15, -0.1) is 0 Å². The Labute approximate surface area is 108 Å². The van der Waals surface area contributed by atoms with Gasteiger partial charge in [0.25, 0.3) is 5.91 Å². The number of nitrogens with zero attached hydrogens (tertiary/aromatic N) is 1. The molecule has 4 nitrogen and oxygen atoms in total. The molecular weight excluding hydrogens is 259 g/mol. The predicted molar refractivity (Wildman–Crippen MR) is 62.6 cm³/mol. The van der Waals surface area contributed by atoms with Gasteiger partial charge in [0.2, 0.25) is 0 Å². The second-order valence-corrected chi connectivity index (χ2v) is 4.43. The van der Waals surface area contributed by atoms with Crippen LogP contribution in [0.15, 0.2) is 18.3 Å². The highest BCUT2D eigenvalue weighted by molar-refractivity contribution is 5.92. The minimum atomic E-state index is -4.43. The van der Waals surface area contributed by atoms with Gasteiger partial charge in [-0.2, -0.15) is 13.2 Å². The number of alkyl halides is 3. The first-order chi connectivity index (χ1) is 8.97. The van der Waals surface area contributed by atoms with E-state index in [1.807, 2.05) is 0 Å². The van der Waals surface area contributed by atoms with Crippen LogP contribution in [-0.4, -0.2) is 30.0 Å². The van der Waals surface area contributed by atoms with Gasteiger partial charge in [0.15, 0.2) is 0 Å². The molecule has 0 atom stereocenters. The van der Waals surface area contributed by atoms with Crippen LogP contribution in [0, 0.1) is 0 Å². The highest BCUT2D eigenvalue weighted by atomic mass is 19.4. The largest absolute Gasteiger partial charge is 0.417 e. The minimum absolute atomic E-state index is 0.00605. The molecule has 104 valence electrons. The van der Waals surface area contributed by atoms with Crippen molar-refractivity contribution in [1.29, 1.82) is 0 Å². The van der Waals surface area contributed by atoms with Gasteiger partial charge < -0.3 is 10.6 Å². The number of pyridine rings is 1. The molecule has 2 N–H and O–H groups in total. The van der Waals surface area contributed by atoms with Gasteiger partial charge in [0.05, 0.1) is 5.56 Å². The zero-order valence-electron chi connectivity index (χ0n) is 10.1. The lowest BCUT2D eigenvalue weighted by Crippen LogP contribution is -2.42. The fourth-order valence-electron chi connectivity index (χ4n) is 1.92. The molecule has 0 unspecified atom stereocenters. The first-order valence-corrected chi connectivity index (χ1v) is 6.01. The number of carbonyl (C=O) groups excluding carboxylic acids is 1. The number of rotatable bonds is 2. The van der Waals surface area contributed by atoms with Gasteiger partial charge in [-0.05, 0) is 38.1 Å². The van der Waals surface area contributed by atoms with Gasteiger partial charge in [-0.25, -0.2) is 0 Å². The Morgan fingerprint density at radius 3 is 2.53 bits per heavy atom. The van der Waals surface area contributed by atoms with Gasteiger partial charge in [0.1, 0.15) is 5.69 Å². The Balaban J connectivity index is 1.99. The molecule has 1 aliphatic rings. The average Bonchev–Trinajstić information content (AvgIpc) is 2.39. The lowest BCUT2D eigenvalue weighted by molar-refractivity contribution is -0.137. The summed E-state index contributed by atoms with van der Waals surface area (Å²) in [5, 5.41) is 5.93. The molecule has 0 radical (unpaired) electrons. The number of hydrogen-bond acceptors (Lipinski definition) is 3. The molecule has 1 aliphatic heterocycles. The third-order valence-electron chi connectivity index (χ3n) is 3.00. The van der Waals surface area contributed by atoms with Crippen molar-refractivity contribution in [2.24, 2.45) is 0 Å². The van der Waals surface area contributed by atoms with E-state index in [2.05, 4.69) is 15.6 Å².